The standard InChI is InChI=1S/C21H26ClNO3/c1-2-24-21-12-16(13-23-14-19-7-4-10-25-19)8-9-20(21)26-15-17-5-3-6-18(22)11-17/h3,5-6,8-9,11-12,19,23H,2,4,7,10,13-15H2,1H3. The summed E-state index contributed by atoms with van der Waals surface area (Å²) in [5, 5.41) is 4.17. The fourth-order valence-corrected chi connectivity index (χ4v) is 3.23. The predicted octanol–water partition coefficient (Wildman–Crippen LogP) is 4.59. The molecule has 1 saturated heterocycles. The zero-order chi connectivity index (χ0) is 18.2. The summed E-state index contributed by atoms with van der Waals surface area (Å²) in [5.41, 5.74) is 2.20. The van der Waals surface area contributed by atoms with Gasteiger partial charge in [0.15, 0.2) is 11.5 Å². The largest absolute Gasteiger partial charge is 0.490 e. The number of hydrogen-bond donors (Lipinski definition) is 1. The fourth-order valence-electron chi connectivity index (χ4n) is 3.02. The number of benzene rings is 2. The van der Waals surface area contributed by atoms with Crippen LogP contribution in [0.2, 0.25) is 5.02 Å². The molecule has 0 aromatic heterocycles. The maximum absolute atomic E-state index is 6.03. The van der Waals surface area contributed by atoms with Crippen LogP contribution in [0.15, 0.2) is 42.5 Å². The van der Waals surface area contributed by atoms with Crippen molar-refractivity contribution in [2.45, 2.75) is 39.0 Å². The molecule has 1 aliphatic heterocycles. The molecular formula is C21H26ClNO3. The Bertz CT molecular complexity index is 701. The molecule has 1 heterocycles. The van der Waals surface area contributed by atoms with Gasteiger partial charge < -0.3 is 19.5 Å². The van der Waals surface area contributed by atoms with E-state index in [1.165, 1.54) is 12.0 Å². The van der Waals surface area contributed by atoms with Gasteiger partial charge in [0, 0.05) is 24.7 Å². The number of nitrogens with one attached hydrogen (secondary N) is 1. The van der Waals surface area contributed by atoms with Crippen LogP contribution >= 0.6 is 11.6 Å². The maximum Gasteiger partial charge on any atom is 0.161 e. The molecule has 2 aromatic rings. The van der Waals surface area contributed by atoms with Crippen LogP contribution in [0, 0.1) is 0 Å². The number of hydrogen-bond acceptors (Lipinski definition) is 4. The molecular weight excluding hydrogens is 350 g/mol. The average Bonchev–Trinajstić information content (AvgIpc) is 3.15. The quantitative estimate of drug-likeness (QED) is 0.696. The van der Waals surface area contributed by atoms with Crippen molar-refractivity contribution >= 4 is 11.6 Å². The average molecular weight is 376 g/mol. The molecule has 1 atom stereocenters. The number of rotatable bonds is 9. The van der Waals surface area contributed by atoms with Crippen LogP contribution in [0.5, 0.6) is 11.5 Å². The van der Waals surface area contributed by atoms with Crippen LogP contribution in [0.4, 0.5) is 0 Å². The van der Waals surface area contributed by atoms with Crippen molar-refractivity contribution < 1.29 is 14.2 Å². The van der Waals surface area contributed by atoms with Crippen molar-refractivity contribution in [1.82, 2.24) is 5.32 Å². The SMILES string of the molecule is CCOc1cc(CNCC2CCCO2)ccc1OCc1cccc(Cl)c1. The molecule has 0 spiro atoms. The Kier molecular flexibility index (Phi) is 7.18. The summed E-state index contributed by atoms with van der Waals surface area (Å²) >= 11 is 6.03. The molecule has 0 saturated carbocycles. The Labute approximate surface area is 160 Å². The normalized spacial score (nSPS) is 16.6. The first-order chi connectivity index (χ1) is 12.7. The number of ether oxygens (including phenoxy) is 3. The Hall–Kier alpha value is -1.75. The fraction of sp³-hybridized carbons (Fsp3) is 0.429. The first-order valence-electron chi connectivity index (χ1n) is 9.20. The van der Waals surface area contributed by atoms with E-state index in [9.17, 15) is 0 Å². The highest BCUT2D eigenvalue weighted by Gasteiger charge is 2.14. The van der Waals surface area contributed by atoms with Gasteiger partial charge in [-0.2, -0.15) is 0 Å². The molecule has 1 N–H and O–H groups in total. The molecule has 0 aliphatic carbocycles. The maximum atomic E-state index is 6.03. The van der Waals surface area contributed by atoms with Crippen LogP contribution in [0.3, 0.4) is 0 Å². The Balaban J connectivity index is 1.58. The second-order valence-electron chi connectivity index (χ2n) is 6.40. The topological polar surface area (TPSA) is 39.7 Å². The van der Waals surface area contributed by atoms with Crippen LogP contribution in [0.1, 0.15) is 30.9 Å². The van der Waals surface area contributed by atoms with Gasteiger partial charge >= 0.3 is 0 Å². The summed E-state index contributed by atoms with van der Waals surface area (Å²) in [4.78, 5) is 0. The highest BCUT2D eigenvalue weighted by molar-refractivity contribution is 6.30. The van der Waals surface area contributed by atoms with Crippen molar-refractivity contribution in [2.75, 3.05) is 19.8 Å². The molecule has 3 rings (SSSR count). The third-order valence-electron chi connectivity index (χ3n) is 4.32. The molecule has 5 heteroatoms. The van der Waals surface area contributed by atoms with Crippen molar-refractivity contribution in [3.05, 3.63) is 58.6 Å². The van der Waals surface area contributed by atoms with E-state index in [2.05, 4.69) is 11.4 Å². The van der Waals surface area contributed by atoms with Crippen molar-refractivity contribution in [1.29, 1.82) is 0 Å². The van der Waals surface area contributed by atoms with Crippen LogP contribution in [-0.2, 0) is 17.9 Å². The van der Waals surface area contributed by atoms with Gasteiger partial charge in [-0.15, -0.1) is 0 Å². The summed E-state index contributed by atoms with van der Waals surface area (Å²) in [6.07, 6.45) is 2.66. The highest BCUT2D eigenvalue weighted by Crippen LogP contribution is 2.29. The molecule has 26 heavy (non-hydrogen) atoms. The van der Waals surface area contributed by atoms with Gasteiger partial charge in [-0.3, -0.25) is 0 Å². The summed E-state index contributed by atoms with van der Waals surface area (Å²) < 4.78 is 17.4. The van der Waals surface area contributed by atoms with Gasteiger partial charge in [-0.05, 0) is 55.2 Å². The predicted molar refractivity (Wildman–Crippen MR) is 104 cm³/mol. The minimum Gasteiger partial charge on any atom is -0.490 e. The van der Waals surface area contributed by atoms with E-state index < -0.39 is 0 Å². The van der Waals surface area contributed by atoms with E-state index in [1.807, 2.05) is 43.3 Å². The number of halogens is 1. The molecule has 0 amide bonds. The summed E-state index contributed by atoms with van der Waals surface area (Å²) in [5.74, 6) is 1.51. The second-order valence-corrected chi connectivity index (χ2v) is 6.84. The van der Waals surface area contributed by atoms with Crippen LogP contribution in [0.25, 0.3) is 0 Å². The highest BCUT2D eigenvalue weighted by atomic mass is 35.5. The molecule has 2 aromatic carbocycles. The van der Waals surface area contributed by atoms with E-state index in [4.69, 9.17) is 25.8 Å². The van der Waals surface area contributed by atoms with Crippen LogP contribution < -0.4 is 14.8 Å². The van der Waals surface area contributed by atoms with Gasteiger partial charge in [0.1, 0.15) is 6.61 Å². The zero-order valence-corrected chi connectivity index (χ0v) is 15.9. The third kappa shape index (κ3) is 5.63. The summed E-state index contributed by atoms with van der Waals surface area (Å²) in [7, 11) is 0. The molecule has 140 valence electrons. The molecule has 0 radical (unpaired) electrons. The lowest BCUT2D eigenvalue weighted by molar-refractivity contribution is 0.110. The first-order valence-corrected chi connectivity index (χ1v) is 9.57. The second kappa shape index (κ2) is 9.81. The van der Waals surface area contributed by atoms with Gasteiger partial charge in [-0.25, -0.2) is 0 Å². The van der Waals surface area contributed by atoms with Crippen molar-refractivity contribution in [3.63, 3.8) is 0 Å². The van der Waals surface area contributed by atoms with Crippen molar-refractivity contribution in [3.8, 4) is 11.5 Å². The first kappa shape index (κ1) is 19.0. The summed E-state index contributed by atoms with van der Waals surface area (Å²) in [6.45, 7) is 5.59. The van der Waals surface area contributed by atoms with Gasteiger partial charge in [-0.1, -0.05) is 29.8 Å². The van der Waals surface area contributed by atoms with Gasteiger partial charge in [0.05, 0.1) is 12.7 Å². The molecule has 1 unspecified atom stereocenters. The lowest BCUT2D eigenvalue weighted by Crippen LogP contribution is -2.25. The molecule has 1 fully saturated rings. The van der Waals surface area contributed by atoms with Crippen LogP contribution in [-0.4, -0.2) is 25.9 Å². The minimum absolute atomic E-state index is 0.349. The molecule has 4 nitrogen and oxygen atoms in total. The van der Waals surface area contributed by atoms with E-state index in [0.717, 1.165) is 43.2 Å². The van der Waals surface area contributed by atoms with Crippen molar-refractivity contribution in [2.24, 2.45) is 0 Å². The third-order valence-corrected chi connectivity index (χ3v) is 4.55. The van der Waals surface area contributed by atoms with E-state index >= 15 is 0 Å². The van der Waals surface area contributed by atoms with E-state index in [1.54, 1.807) is 0 Å². The lowest BCUT2D eigenvalue weighted by atomic mass is 10.2. The zero-order valence-electron chi connectivity index (χ0n) is 15.2. The molecule has 0 bridgehead atoms. The monoisotopic (exact) mass is 375 g/mol. The smallest absolute Gasteiger partial charge is 0.161 e. The Morgan fingerprint density at radius 1 is 1.12 bits per heavy atom. The summed E-state index contributed by atoms with van der Waals surface area (Å²) in [6, 6.07) is 13.8. The van der Waals surface area contributed by atoms with Gasteiger partial charge in [0.2, 0.25) is 0 Å². The van der Waals surface area contributed by atoms with Gasteiger partial charge in [0.25, 0.3) is 0 Å². The van der Waals surface area contributed by atoms with E-state index in [0.29, 0.717) is 24.3 Å². The molecule has 1 aliphatic rings. The lowest BCUT2D eigenvalue weighted by Gasteiger charge is -2.15. The van der Waals surface area contributed by atoms with E-state index in [-0.39, 0.29) is 0 Å². The minimum atomic E-state index is 0.349. The Morgan fingerprint density at radius 2 is 2.04 bits per heavy atom. The Morgan fingerprint density at radius 3 is 2.81 bits per heavy atom.